The van der Waals surface area contributed by atoms with E-state index in [2.05, 4.69) is 30.8 Å². The summed E-state index contributed by atoms with van der Waals surface area (Å²) in [6.45, 7) is 5.16. The fraction of sp³-hybridized carbons (Fsp3) is 0.533. The van der Waals surface area contributed by atoms with Gasteiger partial charge in [-0.15, -0.1) is 6.58 Å². The summed E-state index contributed by atoms with van der Waals surface area (Å²) in [6, 6.07) is 13.3. The Bertz CT molecular complexity index is 948. The molecular weight excluding hydrogens is 430 g/mol. The highest BCUT2D eigenvalue weighted by molar-refractivity contribution is 5.27. The highest BCUT2D eigenvalue weighted by Crippen LogP contribution is 2.46. The summed E-state index contributed by atoms with van der Waals surface area (Å²) in [5.74, 6) is 1.43. The summed E-state index contributed by atoms with van der Waals surface area (Å²) < 4.78 is 38.6. The van der Waals surface area contributed by atoms with E-state index in [1.165, 1.54) is 56.2 Å². The number of benzene rings is 2. The van der Waals surface area contributed by atoms with Crippen LogP contribution < -0.4 is 0 Å². The van der Waals surface area contributed by atoms with Gasteiger partial charge in [-0.25, -0.2) is 8.78 Å². The van der Waals surface area contributed by atoms with Crippen LogP contribution in [0.15, 0.2) is 55.1 Å². The average molecular weight is 467 g/mol. The first-order valence-corrected chi connectivity index (χ1v) is 13.0. The molecule has 1 heterocycles. The van der Waals surface area contributed by atoms with Crippen molar-refractivity contribution in [3.63, 3.8) is 0 Å². The molecule has 0 spiro atoms. The van der Waals surface area contributed by atoms with Gasteiger partial charge in [-0.2, -0.15) is 0 Å². The van der Waals surface area contributed by atoms with Crippen LogP contribution in [0.3, 0.4) is 0 Å². The second-order valence-corrected chi connectivity index (χ2v) is 10.6. The van der Waals surface area contributed by atoms with Crippen LogP contribution in [-0.2, 0) is 9.47 Å². The standard InChI is InChI=1S/C30H36F2O2/c1-2-20-18-33-30(34-19-20)26-13-11-24(12-14-26)22-5-3-21(4-6-22)23-7-9-25(10-8-23)27-15-16-28(31)29(32)17-27/h2,11-17,20-23,25,30H,1,3-10,18-19H2. The third-order valence-corrected chi connectivity index (χ3v) is 8.56. The molecule has 0 bridgehead atoms. The van der Waals surface area contributed by atoms with Gasteiger partial charge in [-0.1, -0.05) is 36.4 Å². The first-order valence-electron chi connectivity index (χ1n) is 13.0. The van der Waals surface area contributed by atoms with Crippen LogP contribution in [-0.4, -0.2) is 13.2 Å². The highest BCUT2D eigenvalue weighted by atomic mass is 19.2. The molecule has 4 heteroatoms. The molecule has 2 saturated carbocycles. The van der Waals surface area contributed by atoms with E-state index >= 15 is 0 Å². The van der Waals surface area contributed by atoms with Gasteiger partial charge in [0.25, 0.3) is 0 Å². The maximum Gasteiger partial charge on any atom is 0.183 e. The number of hydrogen-bond acceptors (Lipinski definition) is 2. The Kier molecular flexibility index (Phi) is 7.46. The van der Waals surface area contributed by atoms with Crippen LogP contribution in [0.25, 0.3) is 0 Å². The number of rotatable bonds is 5. The molecule has 2 aromatic carbocycles. The van der Waals surface area contributed by atoms with E-state index in [-0.39, 0.29) is 12.2 Å². The lowest BCUT2D eigenvalue weighted by Crippen LogP contribution is -2.26. The molecule has 1 saturated heterocycles. The summed E-state index contributed by atoms with van der Waals surface area (Å²) in [6.07, 6.45) is 11.3. The fourth-order valence-corrected chi connectivity index (χ4v) is 6.39. The Morgan fingerprint density at radius 3 is 1.68 bits per heavy atom. The van der Waals surface area contributed by atoms with Crippen molar-refractivity contribution in [2.24, 2.45) is 17.8 Å². The van der Waals surface area contributed by atoms with E-state index in [1.807, 2.05) is 6.08 Å². The number of ether oxygens (including phenoxy) is 2. The first-order chi connectivity index (χ1) is 16.6. The normalized spacial score (nSPS) is 32.3. The molecule has 182 valence electrons. The quantitative estimate of drug-likeness (QED) is 0.415. The van der Waals surface area contributed by atoms with E-state index in [0.29, 0.717) is 25.0 Å². The topological polar surface area (TPSA) is 18.5 Å². The molecule has 2 nitrogen and oxygen atoms in total. The van der Waals surface area contributed by atoms with Crippen molar-refractivity contribution in [1.82, 2.24) is 0 Å². The van der Waals surface area contributed by atoms with Gasteiger partial charge in [0.05, 0.1) is 13.2 Å². The van der Waals surface area contributed by atoms with Gasteiger partial charge in [0, 0.05) is 11.5 Å². The van der Waals surface area contributed by atoms with Gasteiger partial charge in [0.1, 0.15) is 0 Å². The largest absolute Gasteiger partial charge is 0.348 e. The minimum absolute atomic E-state index is 0.262. The van der Waals surface area contributed by atoms with Gasteiger partial charge in [0.2, 0.25) is 0 Å². The molecule has 1 aliphatic heterocycles. The SMILES string of the molecule is C=CC1COC(c2ccc(C3CCC(C4CCC(c5ccc(F)c(F)c5)CC4)CC3)cc2)OC1. The number of halogens is 2. The lowest BCUT2D eigenvalue weighted by Gasteiger charge is -2.38. The Morgan fingerprint density at radius 1 is 0.647 bits per heavy atom. The molecule has 0 unspecified atom stereocenters. The molecule has 3 fully saturated rings. The first kappa shape index (κ1) is 23.7. The molecule has 0 atom stereocenters. The molecule has 5 rings (SSSR count). The summed E-state index contributed by atoms with van der Waals surface area (Å²) in [4.78, 5) is 0. The average Bonchev–Trinajstić information content (AvgIpc) is 2.91. The molecule has 0 radical (unpaired) electrons. The van der Waals surface area contributed by atoms with Crippen molar-refractivity contribution in [2.75, 3.05) is 13.2 Å². The van der Waals surface area contributed by atoms with Crippen molar-refractivity contribution in [3.05, 3.63) is 83.4 Å². The molecular formula is C30H36F2O2. The maximum absolute atomic E-state index is 13.6. The highest BCUT2D eigenvalue weighted by Gasteiger charge is 2.32. The maximum atomic E-state index is 13.6. The fourth-order valence-electron chi connectivity index (χ4n) is 6.39. The Morgan fingerprint density at radius 2 is 1.15 bits per heavy atom. The molecule has 34 heavy (non-hydrogen) atoms. The van der Waals surface area contributed by atoms with E-state index in [1.54, 1.807) is 6.07 Å². The van der Waals surface area contributed by atoms with Crippen molar-refractivity contribution in [3.8, 4) is 0 Å². The third-order valence-electron chi connectivity index (χ3n) is 8.56. The van der Waals surface area contributed by atoms with Gasteiger partial charge >= 0.3 is 0 Å². The summed E-state index contributed by atoms with van der Waals surface area (Å²) >= 11 is 0. The Balaban J connectivity index is 1.09. The van der Waals surface area contributed by atoms with Crippen molar-refractivity contribution in [2.45, 2.75) is 69.5 Å². The lowest BCUT2D eigenvalue weighted by atomic mass is 9.67. The van der Waals surface area contributed by atoms with Crippen molar-refractivity contribution < 1.29 is 18.3 Å². The minimum Gasteiger partial charge on any atom is -0.348 e. The van der Waals surface area contributed by atoms with E-state index < -0.39 is 11.6 Å². The van der Waals surface area contributed by atoms with E-state index in [0.717, 1.165) is 35.8 Å². The summed E-state index contributed by atoms with van der Waals surface area (Å²) in [5, 5.41) is 0. The Labute approximate surface area is 202 Å². The molecule has 2 aromatic rings. The van der Waals surface area contributed by atoms with Crippen LogP contribution >= 0.6 is 0 Å². The smallest absolute Gasteiger partial charge is 0.183 e. The summed E-state index contributed by atoms with van der Waals surface area (Å²) in [5.41, 5.74) is 3.50. The van der Waals surface area contributed by atoms with Crippen LogP contribution in [0.5, 0.6) is 0 Å². The molecule has 0 N–H and O–H groups in total. The minimum atomic E-state index is -0.749. The van der Waals surface area contributed by atoms with Gasteiger partial charge in [-0.3, -0.25) is 0 Å². The van der Waals surface area contributed by atoms with Gasteiger partial charge < -0.3 is 9.47 Å². The van der Waals surface area contributed by atoms with Crippen molar-refractivity contribution in [1.29, 1.82) is 0 Å². The van der Waals surface area contributed by atoms with Gasteiger partial charge in [-0.05, 0) is 98.3 Å². The predicted molar refractivity (Wildman–Crippen MR) is 131 cm³/mol. The zero-order chi connectivity index (χ0) is 23.5. The molecule has 3 aliphatic rings. The summed E-state index contributed by atoms with van der Waals surface area (Å²) in [7, 11) is 0. The molecule has 0 amide bonds. The van der Waals surface area contributed by atoms with Crippen LogP contribution in [0.2, 0.25) is 0 Å². The molecule has 0 aromatic heterocycles. The second kappa shape index (κ2) is 10.7. The van der Waals surface area contributed by atoms with Crippen molar-refractivity contribution >= 4 is 0 Å². The monoisotopic (exact) mass is 466 g/mol. The van der Waals surface area contributed by atoms with E-state index in [4.69, 9.17) is 9.47 Å². The second-order valence-electron chi connectivity index (χ2n) is 10.6. The Hall–Kier alpha value is -2.04. The lowest BCUT2D eigenvalue weighted by molar-refractivity contribution is -0.197. The predicted octanol–water partition coefficient (Wildman–Crippen LogP) is 8.06. The van der Waals surface area contributed by atoms with Crippen LogP contribution in [0.1, 0.15) is 86.2 Å². The number of hydrogen-bond donors (Lipinski definition) is 0. The molecule has 2 aliphatic carbocycles. The third kappa shape index (κ3) is 5.28. The van der Waals surface area contributed by atoms with E-state index in [9.17, 15) is 8.78 Å². The zero-order valence-corrected chi connectivity index (χ0v) is 19.9. The zero-order valence-electron chi connectivity index (χ0n) is 19.9. The van der Waals surface area contributed by atoms with Gasteiger partial charge in [0.15, 0.2) is 17.9 Å². The van der Waals surface area contributed by atoms with Crippen LogP contribution in [0.4, 0.5) is 8.78 Å². The van der Waals surface area contributed by atoms with Crippen LogP contribution in [0, 0.1) is 29.4 Å².